The molecule has 1 aromatic rings. The van der Waals surface area contributed by atoms with Gasteiger partial charge in [0.05, 0.1) is 19.5 Å². The Balaban J connectivity index is 1.72. The summed E-state index contributed by atoms with van der Waals surface area (Å²) >= 11 is 0. The summed E-state index contributed by atoms with van der Waals surface area (Å²) in [4.78, 5) is 6.90. The molecule has 7 nitrogen and oxygen atoms in total. The smallest absolute Gasteiger partial charge is 0.208 e. The number of nitrogens with zero attached hydrogens (tertiary/aromatic N) is 2. The first kappa shape index (κ1) is 21.7. The van der Waals surface area contributed by atoms with Crippen molar-refractivity contribution >= 4 is 16.0 Å². The van der Waals surface area contributed by atoms with Crippen LogP contribution in [0.2, 0.25) is 0 Å². The Morgan fingerprint density at radius 3 is 2.81 bits per heavy atom. The molecule has 1 heterocycles. The first-order valence-electron chi connectivity index (χ1n) is 9.57. The average molecular weight is 397 g/mol. The number of likely N-dealkylation sites (tertiary alicyclic amines) is 1. The summed E-state index contributed by atoms with van der Waals surface area (Å²) in [5, 5.41) is 3.33. The van der Waals surface area contributed by atoms with Crippen LogP contribution in [0.5, 0.6) is 0 Å². The molecule has 0 bridgehead atoms. The van der Waals surface area contributed by atoms with E-state index in [9.17, 15) is 8.42 Å². The number of hydrogen-bond acceptors (Lipinski definition) is 4. The molecule has 1 unspecified atom stereocenters. The average Bonchev–Trinajstić information content (AvgIpc) is 3.09. The Labute approximate surface area is 163 Å². The van der Waals surface area contributed by atoms with Crippen molar-refractivity contribution < 1.29 is 13.2 Å². The molecular formula is C19H32N4O3S. The number of sulfonamides is 1. The molecule has 1 saturated heterocycles. The van der Waals surface area contributed by atoms with Gasteiger partial charge in [0.2, 0.25) is 10.0 Å². The predicted molar refractivity (Wildman–Crippen MR) is 109 cm³/mol. The van der Waals surface area contributed by atoms with Crippen LogP contribution in [-0.2, 0) is 21.4 Å². The van der Waals surface area contributed by atoms with Crippen LogP contribution < -0.4 is 10.0 Å². The van der Waals surface area contributed by atoms with Gasteiger partial charge in [-0.25, -0.2) is 13.1 Å². The third-order valence-corrected chi connectivity index (χ3v) is 5.07. The maximum atomic E-state index is 11.1. The van der Waals surface area contributed by atoms with Gasteiger partial charge < -0.3 is 15.0 Å². The SMILES string of the molecule is CCNC(=NCCCNS(C)(=O)=O)N1CCC(COCc2ccccc2)C1. The van der Waals surface area contributed by atoms with Gasteiger partial charge in [0, 0.05) is 38.6 Å². The Morgan fingerprint density at radius 2 is 2.11 bits per heavy atom. The summed E-state index contributed by atoms with van der Waals surface area (Å²) in [5.41, 5.74) is 1.20. The molecule has 152 valence electrons. The normalized spacial score (nSPS) is 18.1. The van der Waals surface area contributed by atoms with E-state index < -0.39 is 10.0 Å². The monoisotopic (exact) mass is 396 g/mol. The van der Waals surface area contributed by atoms with E-state index in [4.69, 9.17) is 4.74 Å². The molecule has 0 aliphatic carbocycles. The standard InChI is InChI=1S/C19H32N4O3S/c1-3-20-19(21-11-7-12-22-27(2,24)25)23-13-10-18(14-23)16-26-15-17-8-5-4-6-9-17/h4-6,8-9,18,22H,3,7,10-16H2,1-2H3,(H,20,21). The van der Waals surface area contributed by atoms with Crippen molar-refractivity contribution in [2.24, 2.45) is 10.9 Å². The van der Waals surface area contributed by atoms with Crippen molar-refractivity contribution in [3.8, 4) is 0 Å². The Morgan fingerprint density at radius 1 is 1.33 bits per heavy atom. The van der Waals surface area contributed by atoms with E-state index in [0.717, 1.165) is 38.6 Å². The lowest BCUT2D eigenvalue weighted by atomic mass is 10.1. The highest BCUT2D eigenvalue weighted by Crippen LogP contribution is 2.17. The van der Waals surface area contributed by atoms with Crippen LogP contribution in [0, 0.1) is 5.92 Å². The van der Waals surface area contributed by atoms with Gasteiger partial charge in [-0.15, -0.1) is 0 Å². The minimum absolute atomic E-state index is 0.414. The number of aliphatic imine (C=N–C) groups is 1. The van der Waals surface area contributed by atoms with Gasteiger partial charge in [0.15, 0.2) is 5.96 Å². The minimum atomic E-state index is -3.13. The van der Waals surface area contributed by atoms with Crippen molar-refractivity contribution in [3.05, 3.63) is 35.9 Å². The second-order valence-corrected chi connectivity index (χ2v) is 8.69. The van der Waals surface area contributed by atoms with Gasteiger partial charge in [0.25, 0.3) is 0 Å². The second kappa shape index (κ2) is 11.3. The van der Waals surface area contributed by atoms with Gasteiger partial charge >= 0.3 is 0 Å². The zero-order valence-electron chi connectivity index (χ0n) is 16.4. The zero-order chi connectivity index (χ0) is 19.5. The highest BCUT2D eigenvalue weighted by molar-refractivity contribution is 7.88. The van der Waals surface area contributed by atoms with Crippen LogP contribution >= 0.6 is 0 Å². The molecular weight excluding hydrogens is 364 g/mol. The molecule has 0 saturated carbocycles. The fraction of sp³-hybridized carbons (Fsp3) is 0.632. The lowest BCUT2D eigenvalue weighted by Crippen LogP contribution is -2.40. The van der Waals surface area contributed by atoms with E-state index in [1.807, 2.05) is 18.2 Å². The molecule has 8 heteroatoms. The van der Waals surface area contributed by atoms with Gasteiger partial charge in [-0.3, -0.25) is 4.99 Å². The van der Waals surface area contributed by atoms with Gasteiger partial charge in [-0.05, 0) is 25.3 Å². The van der Waals surface area contributed by atoms with Gasteiger partial charge in [0.1, 0.15) is 0 Å². The number of hydrogen-bond donors (Lipinski definition) is 2. The summed E-state index contributed by atoms with van der Waals surface area (Å²) in [6.45, 7) is 7.18. The van der Waals surface area contributed by atoms with Crippen LogP contribution in [0.3, 0.4) is 0 Å². The number of benzene rings is 1. The van der Waals surface area contributed by atoms with Crippen molar-refractivity contribution in [1.29, 1.82) is 0 Å². The van der Waals surface area contributed by atoms with Gasteiger partial charge in [-0.1, -0.05) is 30.3 Å². The highest BCUT2D eigenvalue weighted by atomic mass is 32.2. The van der Waals surface area contributed by atoms with Crippen LogP contribution in [0.25, 0.3) is 0 Å². The summed E-state index contributed by atoms with van der Waals surface area (Å²) < 4.78 is 30.5. The number of ether oxygens (including phenoxy) is 1. The molecule has 1 aromatic carbocycles. The minimum Gasteiger partial charge on any atom is -0.376 e. The molecule has 1 atom stereocenters. The van der Waals surface area contributed by atoms with E-state index in [1.54, 1.807) is 0 Å². The molecule has 27 heavy (non-hydrogen) atoms. The van der Waals surface area contributed by atoms with Gasteiger partial charge in [-0.2, -0.15) is 0 Å². The van der Waals surface area contributed by atoms with Crippen molar-refractivity contribution in [3.63, 3.8) is 0 Å². The van der Waals surface area contributed by atoms with Crippen LogP contribution in [0.1, 0.15) is 25.3 Å². The lowest BCUT2D eigenvalue weighted by molar-refractivity contribution is 0.0907. The summed E-state index contributed by atoms with van der Waals surface area (Å²) in [5.74, 6) is 1.41. The third kappa shape index (κ3) is 8.73. The maximum Gasteiger partial charge on any atom is 0.208 e. The van der Waals surface area contributed by atoms with Crippen molar-refractivity contribution in [2.75, 3.05) is 45.6 Å². The third-order valence-electron chi connectivity index (χ3n) is 4.35. The quantitative estimate of drug-likeness (QED) is 0.355. The van der Waals surface area contributed by atoms with Crippen molar-refractivity contribution in [1.82, 2.24) is 14.9 Å². The van der Waals surface area contributed by atoms with Crippen LogP contribution in [0.4, 0.5) is 0 Å². The largest absolute Gasteiger partial charge is 0.376 e. The molecule has 0 aromatic heterocycles. The molecule has 1 aliphatic heterocycles. The fourth-order valence-electron chi connectivity index (χ4n) is 3.03. The molecule has 2 rings (SSSR count). The molecule has 0 amide bonds. The number of guanidine groups is 1. The predicted octanol–water partition coefficient (Wildman–Crippen LogP) is 1.43. The summed E-state index contributed by atoms with van der Waals surface area (Å²) in [7, 11) is -3.13. The second-order valence-electron chi connectivity index (χ2n) is 6.86. The van der Waals surface area contributed by atoms with E-state index >= 15 is 0 Å². The first-order valence-corrected chi connectivity index (χ1v) is 11.5. The zero-order valence-corrected chi connectivity index (χ0v) is 17.2. The first-order chi connectivity index (χ1) is 13.0. The maximum absolute atomic E-state index is 11.1. The van der Waals surface area contributed by atoms with Crippen molar-refractivity contribution in [2.45, 2.75) is 26.4 Å². The topological polar surface area (TPSA) is 83.0 Å². The van der Waals surface area contributed by atoms with E-state index in [2.05, 4.69) is 39.0 Å². The van der Waals surface area contributed by atoms with E-state index in [1.165, 1.54) is 11.8 Å². The molecule has 1 fully saturated rings. The fourth-order valence-corrected chi connectivity index (χ4v) is 3.54. The van der Waals surface area contributed by atoms with Crippen LogP contribution in [-0.4, -0.2) is 64.9 Å². The van der Waals surface area contributed by atoms with E-state index in [-0.39, 0.29) is 0 Å². The summed E-state index contributed by atoms with van der Waals surface area (Å²) in [6.07, 6.45) is 2.94. The van der Waals surface area contributed by atoms with E-state index in [0.29, 0.717) is 32.0 Å². The molecule has 2 N–H and O–H groups in total. The summed E-state index contributed by atoms with van der Waals surface area (Å²) in [6, 6.07) is 10.2. The van der Waals surface area contributed by atoms with Crippen LogP contribution in [0.15, 0.2) is 35.3 Å². The Hall–Kier alpha value is -1.64. The highest BCUT2D eigenvalue weighted by Gasteiger charge is 2.24. The molecule has 0 spiro atoms. The number of nitrogens with one attached hydrogen (secondary N) is 2. The number of rotatable bonds is 10. The lowest BCUT2D eigenvalue weighted by Gasteiger charge is -2.21. The molecule has 1 aliphatic rings. The Kier molecular flexibility index (Phi) is 9.03. The molecule has 0 radical (unpaired) electrons. The Bertz CT molecular complexity index is 679.